The number of hydrogen-bond acceptors (Lipinski definition) is 6. The third-order valence-electron chi connectivity index (χ3n) is 5.48. The lowest BCUT2D eigenvalue weighted by Gasteiger charge is -2.30. The number of carbonyl (C=O) groups excluding carboxylic acids is 1. The summed E-state index contributed by atoms with van der Waals surface area (Å²) in [7, 11) is -0.887. The second-order valence-corrected chi connectivity index (χ2v) is 9.17. The van der Waals surface area contributed by atoms with Gasteiger partial charge < -0.3 is 13.9 Å². The minimum atomic E-state index is -3.82. The highest BCUT2D eigenvalue weighted by Crippen LogP contribution is 2.28. The summed E-state index contributed by atoms with van der Waals surface area (Å²) < 4.78 is 35.3. The molecule has 29 heavy (non-hydrogen) atoms. The first-order chi connectivity index (χ1) is 13.6. The predicted molar refractivity (Wildman–Crippen MR) is 107 cm³/mol. The van der Waals surface area contributed by atoms with Crippen LogP contribution in [0.4, 0.5) is 0 Å². The van der Waals surface area contributed by atoms with E-state index in [1.807, 2.05) is 0 Å². The van der Waals surface area contributed by atoms with Crippen molar-refractivity contribution in [3.05, 3.63) is 38.4 Å². The lowest BCUT2D eigenvalue weighted by atomic mass is 9.98. The van der Waals surface area contributed by atoms with Crippen LogP contribution in [0.3, 0.4) is 0 Å². The monoisotopic (exact) mass is 423 g/mol. The number of benzene rings is 1. The number of esters is 1. The van der Waals surface area contributed by atoms with Crippen molar-refractivity contribution < 1.29 is 17.9 Å². The van der Waals surface area contributed by atoms with Gasteiger partial charge in [-0.25, -0.2) is 8.42 Å². The SMILES string of the molecule is CCOC(=O)C1CCN(S(=O)(=O)c2cc3c(cc2C)n(C)c(=O)c(=O)n3C)CC1. The summed E-state index contributed by atoms with van der Waals surface area (Å²) in [5.41, 5.74) is -0.0607. The maximum absolute atomic E-state index is 13.3. The summed E-state index contributed by atoms with van der Waals surface area (Å²) in [5.74, 6) is -0.586. The summed E-state index contributed by atoms with van der Waals surface area (Å²) in [6, 6.07) is 3.05. The van der Waals surface area contributed by atoms with E-state index in [1.165, 1.54) is 33.6 Å². The number of aryl methyl sites for hydroxylation is 3. The minimum absolute atomic E-state index is 0.0910. The van der Waals surface area contributed by atoms with Gasteiger partial charge in [-0.1, -0.05) is 0 Å². The fraction of sp³-hybridized carbons (Fsp3) is 0.526. The van der Waals surface area contributed by atoms with Crippen molar-refractivity contribution in [2.24, 2.45) is 20.0 Å². The first-order valence-electron chi connectivity index (χ1n) is 9.46. The Kier molecular flexibility index (Phi) is 5.68. The number of nitrogens with zero attached hydrogens (tertiary/aromatic N) is 3. The van der Waals surface area contributed by atoms with E-state index >= 15 is 0 Å². The second-order valence-electron chi connectivity index (χ2n) is 7.27. The van der Waals surface area contributed by atoms with Crippen LogP contribution in [0.15, 0.2) is 26.6 Å². The second kappa shape index (κ2) is 7.75. The Labute approximate surface area is 168 Å². The molecule has 1 aromatic heterocycles. The Morgan fingerprint density at radius 1 is 1.07 bits per heavy atom. The fourth-order valence-corrected chi connectivity index (χ4v) is 5.41. The number of rotatable bonds is 4. The lowest BCUT2D eigenvalue weighted by molar-refractivity contribution is -0.149. The van der Waals surface area contributed by atoms with Crippen molar-refractivity contribution in [3.8, 4) is 0 Å². The van der Waals surface area contributed by atoms with Crippen LogP contribution in [0.5, 0.6) is 0 Å². The molecule has 2 aromatic rings. The molecular weight excluding hydrogens is 398 g/mol. The Morgan fingerprint density at radius 3 is 2.10 bits per heavy atom. The molecule has 0 unspecified atom stereocenters. The van der Waals surface area contributed by atoms with Gasteiger partial charge in [-0.15, -0.1) is 0 Å². The molecule has 0 radical (unpaired) electrons. The van der Waals surface area contributed by atoms with Gasteiger partial charge in [-0.3, -0.25) is 14.4 Å². The molecule has 9 nitrogen and oxygen atoms in total. The van der Waals surface area contributed by atoms with Crippen LogP contribution < -0.4 is 11.1 Å². The molecule has 1 saturated heterocycles. The highest BCUT2D eigenvalue weighted by Gasteiger charge is 2.33. The van der Waals surface area contributed by atoms with Crippen LogP contribution >= 0.6 is 0 Å². The molecule has 158 valence electrons. The van der Waals surface area contributed by atoms with Gasteiger partial charge in [0.15, 0.2) is 0 Å². The molecule has 10 heteroatoms. The van der Waals surface area contributed by atoms with Crippen molar-refractivity contribution in [2.75, 3.05) is 19.7 Å². The summed E-state index contributed by atoms with van der Waals surface area (Å²) in [5, 5.41) is 0. The maximum atomic E-state index is 13.3. The van der Waals surface area contributed by atoms with Gasteiger partial charge in [0, 0.05) is 27.2 Å². The molecule has 0 spiro atoms. The van der Waals surface area contributed by atoms with Crippen molar-refractivity contribution in [1.29, 1.82) is 0 Å². The van der Waals surface area contributed by atoms with E-state index in [4.69, 9.17) is 4.74 Å². The molecule has 1 aromatic carbocycles. The van der Waals surface area contributed by atoms with Crippen LogP contribution in [0.1, 0.15) is 25.3 Å². The third-order valence-corrected chi connectivity index (χ3v) is 7.52. The van der Waals surface area contributed by atoms with Crippen molar-refractivity contribution in [2.45, 2.75) is 31.6 Å². The number of hydrogen-bond donors (Lipinski definition) is 0. The van der Waals surface area contributed by atoms with Crippen LogP contribution in [0.2, 0.25) is 0 Å². The Bertz CT molecular complexity index is 1190. The van der Waals surface area contributed by atoms with E-state index in [1.54, 1.807) is 19.9 Å². The molecule has 0 bridgehead atoms. The molecule has 2 heterocycles. The van der Waals surface area contributed by atoms with E-state index < -0.39 is 21.1 Å². The topological polar surface area (TPSA) is 108 Å². The predicted octanol–water partition coefficient (Wildman–Crippen LogP) is 0.509. The van der Waals surface area contributed by atoms with Gasteiger partial charge in [0.1, 0.15) is 0 Å². The molecule has 0 aliphatic carbocycles. The number of carbonyl (C=O) groups is 1. The van der Waals surface area contributed by atoms with Gasteiger partial charge in [-0.2, -0.15) is 4.31 Å². The van der Waals surface area contributed by atoms with E-state index in [0.29, 0.717) is 36.0 Å². The van der Waals surface area contributed by atoms with Crippen LogP contribution in [0.25, 0.3) is 11.0 Å². The zero-order chi connectivity index (χ0) is 21.5. The summed E-state index contributed by atoms with van der Waals surface area (Å²) in [6.07, 6.45) is 0.801. The molecular formula is C19H25N3O6S. The lowest BCUT2D eigenvalue weighted by Crippen LogP contribution is -2.41. The van der Waals surface area contributed by atoms with Crippen molar-refractivity contribution in [1.82, 2.24) is 13.4 Å². The molecule has 1 aliphatic heterocycles. The molecule has 1 aliphatic rings. The standard InChI is InChI=1S/C19H25N3O6S/c1-5-28-19(25)13-6-8-22(9-7-13)29(26,27)16-11-15-14(10-12(16)2)20(3)17(23)18(24)21(15)4/h10-11,13H,5-9H2,1-4H3. The van der Waals surface area contributed by atoms with Crippen molar-refractivity contribution >= 4 is 27.0 Å². The summed E-state index contributed by atoms with van der Waals surface area (Å²) in [6.45, 7) is 4.14. The van der Waals surface area contributed by atoms with E-state index in [2.05, 4.69) is 0 Å². The highest BCUT2D eigenvalue weighted by molar-refractivity contribution is 7.89. The quantitative estimate of drug-likeness (QED) is 0.524. The minimum Gasteiger partial charge on any atom is -0.466 e. The molecule has 0 atom stereocenters. The molecule has 1 fully saturated rings. The Hall–Kier alpha value is -2.46. The Morgan fingerprint density at radius 2 is 1.59 bits per heavy atom. The zero-order valence-electron chi connectivity index (χ0n) is 17.0. The maximum Gasteiger partial charge on any atom is 0.316 e. The van der Waals surface area contributed by atoms with Crippen molar-refractivity contribution in [3.63, 3.8) is 0 Å². The number of aromatic nitrogens is 2. The normalized spacial score (nSPS) is 16.3. The average molecular weight is 423 g/mol. The number of piperidine rings is 1. The number of sulfonamides is 1. The average Bonchev–Trinajstić information content (AvgIpc) is 2.70. The van der Waals surface area contributed by atoms with Gasteiger partial charge in [0.25, 0.3) is 0 Å². The Balaban J connectivity index is 2.00. The van der Waals surface area contributed by atoms with E-state index in [-0.39, 0.29) is 29.9 Å². The van der Waals surface area contributed by atoms with E-state index in [0.717, 1.165) is 0 Å². The fourth-order valence-electron chi connectivity index (χ4n) is 3.71. The van der Waals surface area contributed by atoms with Gasteiger partial charge in [0.05, 0.1) is 28.5 Å². The molecule has 0 saturated carbocycles. The highest BCUT2D eigenvalue weighted by atomic mass is 32.2. The van der Waals surface area contributed by atoms with Gasteiger partial charge in [0.2, 0.25) is 10.0 Å². The summed E-state index contributed by atoms with van der Waals surface area (Å²) in [4.78, 5) is 36.2. The first kappa shape index (κ1) is 21.3. The van der Waals surface area contributed by atoms with E-state index in [9.17, 15) is 22.8 Å². The first-order valence-corrected chi connectivity index (χ1v) is 10.9. The third kappa shape index (κ3) is 3.62. The molecule has 3 rings (SSSR count). The molecule has 0 amide bonds. The van der Waals surface area contributed by atoms with Crippen LogP contribution in [-0.2, 0) is 33.7 Å². The number of ether oxygens (including phenoxy) is 1. The van der Waals surface area contributed by atoms with Crippen LogP contribution in [-0.4, -0.2) is 47.5 Å². The van der Waals surface area contributed by atoms with Gasteiger partial charge in [-0.05, 0) is 44.4 Å². The zero-order valence-corrected chi connectivity index (χ0v) is 17.8. The molecule has 0 N–H and O–H groups in total. The number of fused-ring (bicyclic) bond motifs is 1. The smallest absolute Gasteiger partial charge is 0.316 e. The van der Waals surface area contributed by atoms with Gasteiger partial charge >= 0.3 is 17.1 Å². The van der Waals surface area contributed by atoms with Crippen LogP contribution in [0, 0.1) is 12.8 Å². The largest absolute Gasteiger partial charge is 0.466 e. The summed E-state index contributed by atoms with van der Waals surface area (Å²) >= 11 is 0.